The molecule has 3 aromatic carbocycles. The molecule has 1 aromatic heterocycles. The zero-order chi connectivity index (χ0) is 20.8. The van der Waals surface area contributed by atoms with Crippen molar-refractivity contribution in [2.24, 2.45) is 5.10 Å². The second kappa shape index (κ2) is 8.97. The minimum Gasteiger partial charge on any atom is -0.267 e. The highest BCUT2D eigenvalue weighted by Gasteiger charge is 2.13. The number of hydrazone groups is 1. The highest BCUT2D eigenvalue weighted by Crippen LogP contribution is 2.24. The molecule has 4 nitrogen and oxygen atoms in total. The molecule has 0 saturated carbocycles. The largest absolute Gasteiger partial charge is 0.272 e. The first kappa shape index (κ1) is 19.3. The SMILES string of the molecule is CC(/C=C/c1ccccc1)=NNC(=O)c1cc(-c2ccccc2)nc2ccccc12. The van der Waals surface area contributed by atoms with Crippen molar-refractivity contribution in [2.75, 3.05) is 0 Å². The maximum absolute atomic E-state index is 13.0. The number of hydrogen-bond donors (Lipinski definition) is 1. The van der Waals surface area contributed by atoms with Crippen molar-refractivity contribution in [3.8, 4) is 11.3 Å². The molecule has 0 aliphatic carbocycles. The molecule has 0 unspecified atom stereocenters. The fourth-order valence-electron chi connectivity index (χ4n) is 3.14. The number of carbonyl (C=O) groups excluding carboxylic acids is 1. The van der Waals surface area contributed by atoms with Crippen LogP contribution < -0.4 is 5.43 Å². The van der Waals surface area contributed by atoms with Crippen molar-refractivity contribution in [3.63, 3.8) is 0 Å². The predicted octanol–water partition coefficient (Wildman–Crippen LogP) is 5.72. The number of rotatable bonds is 5. The van der Waals surface area contributed by atoms with E-state index in [-0.39, 0.29) is 5.91 Å². The van der Waals surface area contributed by atoms with Gasteiger partial charge in [0.2, 0.25) is 0 Å². The maximum atomic E-state index is 13.0. The number of nitrogens with one attached hydrogen (secondary N) is 1. The molecule has 0 atom stereocenters. The van der Waals surface area contributed by atoms with Crippen LogP contribution in [-0.2, 0) is 0 Å². The number of carbonyl (C=O) groups is 1. The first-order chi connectivity index (χ1) is 14.7. The van der Waals surface area contributed by atoms with Crippen molar-refractivity contribution < 1.29 is 4.79 Å². The molecule has 0 saturated heterocycles. The number of para-hydroxylation sites is 1. The molecule has 1 amide bonds. The van der Waals surface area contributed by atoms with E-state index in [0.717, 1.165) is 27.7 Å². The first-order valence-corrected chi connectivity index (χ1v) is 9.74. The van der Waals surface area contributed by atoms with Crippen molar-refractivity contribution in [1.82, 2.24) is 10.4 Å². The molecule has 4 aromatic rings. The fourth-order valence-corrected chi connectivity index (χ4v) is 3.14. The summed E-state index contributed by atoms with van der Waals surface area (Å²) in [6.07, 6.45) is 3.83. The fraction of sp³-hybridized carbons (Fsp3) is 0.0385. The molecule has 4 heteroatoms. The van der Waals surface area contributed by atoms with Crippen molar-refractivity contribution in [1.29, 1.82) is 0 Å². The Kier molecular flexibility index (Phi) is 5.76. The summed E-state index contributed by atoms with van der Waals surface area (Å²) in [6.45, 7) is 1.85. The van der Waals surface area contributed by atoms with E-state index in [4.69, 9.17) is 4.98 Å². The van der Waals surface area contributed by atoms with Gasteiger partial charge in [-0.3, -0.25) is 4.79 Å². The van der Waals surface area contributed by atoms with Gasteiger partial charge in [-0.15, -0.1) is 0 Å². The number of pyridine rings is 1. The van der Waals surface area contributed by atoms with Gasteiger partial charge in [0, 0.05) is 10.9 Å². The molecular weight excluding hydrogens is 370 g/mol. The van der Waals surface area contributed by atoms with Gasteiger partial charge >= 0.3 is 0 Å². The number of nitrogens with zero attached hydrogens (tertiary/aromatic N) is 2. The molecule has 146 valence electrons. The molecular formula is C26H21N3O. The maximum Gasteiger partial charge on any atom is 0.272 e. The van der Waals surface area contributed by atoms with Crippen LogP contribution in [0.1, 0.15) is 22.8 Å². The Balaban J connectivity index is 1.62. The summed E-state index contributed by atoms with van der Waals surface area (Å²) in [5, 5.41) is 5.03. The number of allylic oxidation sites excluding steroid dienone is 1. The average molecular weight is 391 g/mol. The summed E-state index contributed by atoms with van der Waals surface area (Å²) in [7, 11) is 0. The van der Waals surface area contributed by atoms with E-state index in [0.29, 0.717) is 11.3 Å². The minimum atomic E-state index is -0.266. The summed E-state index contributed by atoms with van der Waals surface area (Å²) in [4.78, 5) is 17.7. The predicted molar refractivity (Wildman–Crippen MR) is 123 cm³/mol. The van der Waals surface area contributed by atoms with Crippen molar-refractivity contribution in [3.05, 3.63) is 108 Å². The lowest BCUT2D eigenvalue weighted by atomic mass is 10.0. The lowest BCUT2D eigenvalue weighted by Crippen LogP contribution is -2.19. The Morgan fingerprint density at radius 2 is 1.57 bits per heavy atom. The number of benzene rings is 3. The molecule has 0 aliphatic rings. The van der Waals surface area contributed by atoms with Crippen LogP contribution in [0.3, 0.4) is 0 Å². The van der Waals surface area contributed by atoms with Crippen LogP contribution in [0.4, 0.5) is 0 Å². The molecule has 0 aliphatic heterocycles. The molecule has 30 heavy (non-hydrogen) atoms. The number of aromatic nitrogens is 1. The summed E-state index contributed by atoms with van der Waals surface area (Å²) in [5.74, 6) is -0.266. The van der Waals surface area contributed by atoms with Gasteiger partial charge < -0.3 is 0 Å². The third kappa shape index (κ3) is 4.50. The lowest BCUT2D eigenvalue weighted by Gasteiger charge is -2.09. The monoisotopic (exact) mass is 391 g/mol. The third-order valence-electron chi connectivity index (χ3n) is 4.68. The van der Waals surface area contributed by atoms with Gasteiger partial charge in [-0.1, -0.05) is 84.9 Å². The summed E-state index contributed by atoms with van der Waals surface area (Å²) < 4.78 is 0. The first-order valence-electron chi connectivity index (χ1n) is 9.74. The van der Waals surface area contributed by atoms with Gasteiger partial charge in [-0.25, -0.2) is 10.4 Å². The van der Waals surface area contributed by atoms with Crippen LogP contribution >= 0.6 is 0 Å². The second-order valence-corrected chi connectivity index (χ2v) is 6.88. The van der Waals surface area contributed by atoms with E-state index < -0.39 is 0 Å². The summed E-state index contributed by atoms with van der Waals surface area (Å²) in [5.41, 5.74) is 7.48. The van der Waals surface area contributed by atoms with Crippen LogP contribution in [0.2, 0.25) is 0 Å². The molecule has 4 rings (SSSR count). The highest BCUT2D eigenvalue weighted by atomic mass is 16.2. The topological polar surface area (TPSA) is 54.4 Å². The molecule has 1 heterocycles. The Hall–Kier alpha value is -4.05. The van der Waals surface area contributed by atoms with Gasteiger partial charge in [0.25, 0.3) is 5.91 Å². The van der Waals surface area contributed by atoms with E-state index in [1.54, 1.807) is 0 Å². The van der Waals surface area contributed by atoms with Crippen LogP contribution in [0.25, 0.3) is 28.2 Å². The van der Waals surface area contributed by atoms with Crippen molar-refractivity contribution in [2.45, 2.75) is 6.92 Å². The molecule has 1 N–H and O–H groups in total. The quantitative estimate of drug-likeness (QED) is 0.349. The van der Waals surface area contributed by atoms with E-state index in [9.17, 15) is 4.79 Å². The Morgan fingerprint density at radius 3 is 2.33 bits per heavy atom. The van der Waals surface area contributed by atoms with E-state index in [2.05, 4.69) is 10.5 Å². The van der Waals surface area contributed by atoms with E-state index in [1.807, 2.05) is 110 Å². The van der Waals surface area contributed by atoms with Gasteiger partial charge in [0.05, 0.1) is 22.5 Å². The van der Waals surface area contributed by atoms with Crippen LogP contribution in [0, 0.1) is 0 Å². The van der Waals surface area contributed by atoms with Gasteiger partial charge in [-0.2, -0.15) is 5.10 Å². The standard InChI is InChI=1S/C26H21N3O/c1-19(16-17-20-10-4-2-5-11-20)28-29-26(30)23-18-25(21-12-6-3-7-13-21)27-24-15-9-8-14-22(23)24/h2-18H,1H3,(H,29,30)/b17-16+,28-19?. The van der Waals surface area contributed by atoms with Gasteiger partial charge in [-0.05, 0) is 30.7 Å². The third-order valence-corrected chi connectivity index (χ3v) is 4.68. The van der Waals surface area contributed by atoms with Gasteiger partial charge in [0.15, 0.2) is 0 Å². The molecule has 0 bridgehead atoms. The zero-order valence-electron chi connectivity index (χ0n) is 16.6. The summed E-state index contributed by atoms with van der Waals surface area (Å²) in [6, 6.07) is 29.2. The lowest BCUT2D eigenvalue weighted by molar-refractivity contribution is 0.0956. The highest BCUT2D eigenvalue weighted by molar-refractivity contribution is 6.07. The van der Waals surface area contributed by atoms with E-state index >= 15 is 0 Å². The Bertz CT molecular complexity index is 1230. The van der Waals surface area contributed by atoms with Crippen molar-refractivity contribution >= 4 is 28.6 Å². The number of hydrogen-bond acceptors (Lipinski definition) is 3. The number of amides is 1. The van der Waals surface area contributed by atoms with Crippen LogP contribution in [0.5, 0.6) is 0 Å². The molecule has 0 spiro atoms. The Morgan fingerprint density at radius 1 is 0.900 bits per heavy atom. The summed E-state index contributed by atoms with van der Waals surface area (Å²) >= 11 is 0. The Labute approximate surface area is 175 Å². The molecule has 0 fully saturated rings. The van der Waals surface area contributed by atoms with Crippen LogP contribution in [0.15, 0.2) is 102 Å². The number of fused-ring (bicyclic) bond motifs is 1. The second-order valence-electron chi connectivity index (χ2n) is 6.88. The zero-order valence-corrected chi connectivity index (χ0v) is 16.6. The normalized spacial score (nSPS) is 11.7. The van der Waals surface area contributed by atoms with E-state index in [1.165, 1.54) is 0 Å². The smallest absolute Gasteiger partial charge is 0.267 e. The molecule has 0 radical (unpaired) electrons. The minimum absolute atomic E-state index is 0.266. The van der Waals surface area contributed by atoms with Crippen LogP contribution in [-0.4, -0.2) is 16.6 Å². The average Bonchev–Trinajstić information content (AvgIpc) is 2.81. The van der Waals surface area contributed by atoms with Gasteiger partial charge in [0.1, 0.15) is 0 Å².